The minimum absolute atomic E-state index is 1.06. The van der Waals surface area contributed by atoms with Crippen molar-refractivity contribution in [2.24, 2.45) is 7.05 Å². The van der Waals surface area contributed by atoms with Crippen LogP contribution in [0, 0.1) is 0 Å². The van der Waals surface area contributed by atoms with E-state index in [0.717, 1.165) is 27.6 Å². The lowest BCUT2D eigenvalue weighted by Gasteiger charge is -2.18. The van der Waals surface area contributed by atoms with Gasteiger partial charge >= 0.3 is 0 Å². The predicted octanol–water partition coefficient (Wildman–Crippen LogP) is 8.39. The van der Waals surface area contributed by atoms with E-state index in [1.807, 2.05) is 0 Å². The van der Waals surface area contributed by atoms with Crippen LogP contribution in [0.1, 0.15) is 24.6 Å². The Bertz CT molecular complexity index is 1280. The Hall–Kier alpha value is -2.69. The molecule has 0 N–H and O–H groups in total. The normalized spacial score (nSPS) is 11.2. The molecule has 0 amide bonds. The molecule has 3 aromatic carbocycles. The molecule has 4 aromatic rings. The molecule has 0 saturated carbocycles. The summed E-state index contributed by atoms with van der Waals surface area (Å²) in [7, 11) is 4.27. The van der Waals surface area contributed by atoms with E-state index in [2.05, 4.69) is 159 Å². The quantitative estimate of drug-likeness (QED) is 0.200. The number of halogens is 2. The molecule has 1 aromatic heterocycles. The lowest BCUT2D eigenvalue weighted by Crippen LogP contribution is -2.34. The highest BCUT2D eigenvalue weighted by molar-refractivity contribution is 9.10. The van der Waals surface area contributed by atoms with Gasteiger partial charge in [0, 0.05) is 52.0 Å². The van der Waals surface area contributed by atoms with Crippen molar-refractivity contribution in [2.75, 3.05) is 18.5 Å². The number of aromatic nitrogens is 1. The van der Waals surface area contributed by atoms with Crippen LogP contribution in [0.5, 0.6) is 0 Å². The van der Waals surface area contributed by atoms with Crippen molar-refractivity contribution in [1.29, 1.82) is 0 Å². The molecule has 0 bridgehead atoms. The Labute approximate surface area is 219 Å². The van der Waals surface area contributed by atoms with E-state index in [1.165, 1.54) is 33.6 Å². The summed E-state index contributed by atoms with van der Waals surface area (Å²) in [6.45, 7) is 3.27. The van der Waals surface area contributed by atoms with E-state index < -0.39 is 0 Å². The molecule has 2 nitrogen and oxygen atoms in total. The molecule has 4 heteroatoms. The lowest BCUT2D eigenvalue weighted by molar-refractivity contribution is -0.662. The molecule has 34 heavy (non-hydrogen) atoms. The number of hydrogen-bond acceptors (Lipinski definition) is 1. The minimum Gasteiger partial charge on any atom is -0.375 e. The SMILES string of the molecule is CCCN(C)c1ccc(/C=C/c2cc(-c3ccc(Br)cc3)cc(-c3ccc(Br)cc3)[n+]2C)cc1. The molecule has 172 valence electrons. The van der Waals surface area contributed by atoms with Gasteiger partial charge in [-0.3, -0.25) is 0 Å². The van der Waals surface area contributed by atoms with E-state index in [9.17, 15) is 0 Å². The third-order valence-electron chi connectivity index (χ3n) is 6.00. The first-order valence-corrected chi connectivity index (χ1v) is 13.1. The monoisotopic (exact) mass is 575 g/mol. The van der Waals surface area contributed by atoms with E-state index in [-0.39, 0.29) is 0 Å². The summed E-state index contributed by atoms with van der Waals surface area (Å²) in [5.41, 5.74) is 8.32. The van der Waals surface area contributed by atoms with Gasteiger partial charge in [0.05, 0.1) is 0 Å². The average molecular weight is 577 g/mol. The minimum atomic E-state index is 1.06. The van der Waals surface area contributed by atoms with Gasteiger partial charge < -0.3 is 4.90 Å². The third-order valence-corrected chi connectivity index (χ3v) is 7.06. The Morgan fingerprint density at radius 2 is 1.32 bits per heavy atom. The van der Waals surface area contributed by atoms with Gasteiger partial charge in [0.2, 0.25) is 11.4 Å². The molecular weight excluding hydrogens is 548 g/mol. The van der Waals surface area contributed by atoms with E-state index in [0.29, 0.717) is 0 Å². The summed E-state index contributed by atoms with van der Waals surface area (Å²) in [5, 5.41) is 0. The number of hydrogen-bond donors (Lipinski definition) is 0. The van der Waals surface area contributed by atoms with E-state index in [4.69, 9.17) is 0 Å². The first-order valence-electron chi connectivity index (χ1n) is 11.5. The van der Waals surface area contributed by atoms with Crippen LogP contribution in [-0.2, 0) is 7.05 Å². The van der Waals surface area contributed by atoms with Gasteiger partial charge in [-0.1, -0.05) is 63.0 Å². The van der Waals surface area contributed by atoms with Crippen molar-refractivity contribution in [1.82, 2.24) is 0 Å². The second kappa shape index (κ2) is 11.2. The van der Waals surface area contributed by atoms with Crippen LogP contribution in [-0.4, -0.2) is 13.6 Å². The van der Waals surface area contributed by atoms with Gasteiger partial charge in [0.25, 0.3) is 0 Å². The van der Waals surface area contributed by atoms with Crippen LogP contribution >= 0.6 is 31.9 Å². The zero-order chi connectivity index (χ0) is 24.1. The summed E-state index contributed by atoms with van der Waals surface area (Å²) in [5.74, 6) is 0. The maximum Gasteiger partial charge on any atom is 0.213 e. The van der Waals surface area contributed by atoms with E-state index in [1.54, 1.807) is 0 Å². The highest BCUT2D eigenvalue weighted by atomic mass is 79.9. The molecule has 1 heterocycles. The highest BCUT2D eigenvalue weighted by Gasteiger charge is 2.17. The second-order valence-electron chi connectivity index (χ2n) is 8.47. The fourth-order valence-electron chi connectivity index (χ4n) is 4.03. The summed E-state index contributed by atoms with van der Waals surface area (Å²) in [6.07, 6.45) is 5.54. The van der Waals surface area contributed by atoms with Gasteiger partial charge in [-0.25, -0.2) is 0 Å². The van der Waals surface area contributed by atoms with Gasteiger partial charge in [0.15, 0.2) is 0 Å². The maximum absolute atomic E-state index is 3.56. The Balaban J connectivity index is 1.73. The highest BCUT2D eigenvalue weighted by Crippen LogP contribution is 2.28. The largest absolute Gasteiger partial charge is 0.375 e. The fourth-order valence-corrected chi connectivity index (χ4v) is 4.56. The molecule has 0 saturated heterocycles. The Morgan fingerprint density at radius 1 is 0.735 bits per heavy atom. The number of anilines is 1. The third kappa shape index (κ3) is 5.86. The fraction of sp³-hybridized carbons (Fsp3) is 0.167. The zero-order valence-corrected chi connectivity index (χ0v) is 23.0. The van der Waals surface area contributed by atoms with Gasteiger partial charge in [-0.15, -0.1) is 0 Å². The molecule has 0 aliphatic heterocycles. The number of nitrogens with zero attached hydrogens (tertiary/aromatic N) is 2. The van der Waals surface area contributed by atoms with Crippen molar-refractivity contribution in [3.05, 3.63) is 105 Å². The van der Waals surface area contributed by atoms with Crippen molar-refractivity contribution in [2.45, 2.75) is 13.3 Å². The number of pyridine rings is 1. The average Bonchev–Trinajstić information content (AvgIpc) is 2.85. The molecule has 0 aliphatic rings. The van der Waals surface area contributed by atoms with Crippen molar-refractivity contribution >= 4 is 49.7 Å². The van der Waals surface area contributed by atoms with Crippen LogP contribution in [0.25, 0.3) is 34.5 Å². The van der Waals surface area contributed by atoms with Crippen molar-refractivity contribution in [3.63, 3.8) is 0 Å². The molecule has 0 spiro atoms. The van der Waals surface area contributed by atoms with Crippen LogP contribution in [0.3, 0.4) is 0 Å². The summed E-state index contributed by atoms with van der Waals surface area (Å²) < 4.78 is 4.42. The van der Waals surface area contributed by atoms with Gasteiger partial charge in [-0.2, -0.15) is 4.57 Å². The van der Waals surface area contributed by atoms with Gasteiger partial charge in [-0.05, 0) is 77.7 Å². The topological polar surface area (TPSA) is 7.12 Å². The number of benzene rings is 3. The van der Waals surface area contributed by atoms with Crippen LogP contribution in [0.4, 0.5) is 5.69 Å². The molecule has 0 aliphatic carbocycles. The smallest absolute Gasteiger partial charge is 0.213 e. The maximum atomic E-state index is 3.56. The van der Waals surface area contributed by atoms with Crippen molar-refractivity contribution in [3.8, 4) is 22.4 Å². The zero-order valence-electron chi connectivity index (χ0n) is 19.8. The van der Waals surface area contributed by atoms with Crippen LogP contribution in [0.15, 0.2) is 93.9 Å². The van der Waals surface area contributed by atoms with Gasteiger partial charge in [0.1, 0.15) is 7.05 Å². The molecule has 0 fully saturated rings. The molecule has 0 atom stereocenters. The molecule has 0 radical (unpaired) electrons. The Morgan fingerprint density at radius 3 is 1.91 bits per heavy atom. The Kier molecular flexibility index (Phi) is 8.02. The first-order chi connectivity index (χ1) is 16.4. The molecule has 4 rings (SSSR count). The lowest BCUT2D eigenvalue weighted by atomic mass is 10.0. The predicted molar refractivity (Wildman–Crippen MR) is 153 cm³/mol. The summed E-state index contributed by atoms with van der Waals surface area (Å²) in [4.78, 5) is 2.29. The first kappa shape index (κ1) is 24.4. The standard InChI is InChI=1S/C30H29Br2N2/c1-4-19-33(2)28-16-5-22(6-17-28)7-18-29-20-25(23-8-12-26(31)13-9-23)21-30(34(29)3)24-10-14-27(32)15-11-24/h5-18,20-21H,4,19H2,1-3H3/q+1. The van der Waals surface area contributed by atoms with E-state index >= 15 is 0 Å². The molecule has 0 unspecified atom stereocenters. The molecular formula is C30H29Br2N2+. The second-order valence-corrected chi connectivity index (χ2v) is 10.3. The van der Waals surface area contributed by atoms with Crippen molar-refractivity contribution < 1.29 is 4.57 Å². The summed E-state index contributed by atoms with van der Waals surface area (Å²) >= 11 is 7.11. The number of rotatable bonds is 7. The van der Waals surface area contributed by atoms with Crippen LogP contribution < -0.4 is 9.47 Å². The summed E-state index contributed by atoms with van der Waals surface area (Å²) in [6, 6.07) is 30.3. The van der Waals surface area contributed by atoms with Crippen LogP contribution in [0.2, 0.25) is 0 Å².